The molecule has 1 N–H and O–H groups in total. The predicted molar refractivity (Wildman–Crippen MR) is 103 cm³/mol. The molecule has 7 nitrogen and oxygen atoms in total. The molecule has 150 valence electrons. The third kappa shape index (κ3) is 3.55. The summed E-state index contributed by atoms with van der Waals surface area (Å²) in [6.07, 6.45) is 5.50. The lowest BCUT2D eigenvalue weighted by Crippen LogP contribution is -2.54. The van der Waals surface area contributed by atoms with Crippen LogP contribution in [0.3, 0.4) is 0 Å². The van der Waals surface area contributed by atoms with Gasteiger partial charge in [0.2, 0.25) is 20.0 Å². The number of piperazine rings is 1. The largest absolute Gasteiger partial charge is 0.304 e. The molecule has 0 bridgehead atoms. The van der Waals surface area contributed by atoms with Gasteiger partial charge in [0, 0.05) is 31.7 Å². The fraction of sp³-hybridized carbons (Fsp3) is 0.667. The van der Waals surface area contributed by atoms with Gasteiger partial charge in [-0.3, -0.25) is 0 Å². The first kappa shape index (κ1) is 19.3. The molecule has 0 unspecified atom stereocenters. The van der Waals surface area contributed by atoms with Gasteiger partial charge in [-0.05, 0) is 44.0 Å². The van der Waals surface area contributed by atoms with E-state index in [1.165, 1.54) is 10.4 Å². The minimum absolute atomic E-state index is 0.0655. The molecule has 4 rings (SSSR count). The molecular weight excluding hydrogens is 386 g/mol. The third-order valence-electron chi connectivity index (χ3n) is 6.12. The number of hydrogen-bond acceptors (Lipinski definition) is 5. The predicted octanol–water partition coefficient (Wildman–Crippen LogP) is 1.16. The zero-order valence-electron chi connectivity index (χ0n) is 15.6. The van der Waals surface area contributed by atoms with E-state index in [2.05, 4.69) is 9.62 Å². The van der Waals surface area contributed by atoms with Gasteiger partial charge >= 0.3 is 0 Å². The topological polar surface area (TPSA) is 86.8 Å². The van der Waals surface area contributed by atoms with E-state index in [1.54, 1.807) is 12.1 Å². The summed E-state index contributed by atoms with van der Waals surface area (Å²) in [5, 5.41) is 0. The number of nitrogens with one attached hydrogen (secondary N) is 1. The normalized spacial score (nSPS) is 26.0. The van der Waals surface area contributed by atoms with Crippen molar-refractivity contribution in [1.82, 2.24) is 13.9 Å². The first-order valence-electron chi connectivity index (χ1n) is 9.58. The summed E-state index contributed by atoms with van der Waals surface area (Å²) in [6, 6.07) is 4.62. The van der Waals surface area contributed by atoms with Crippen molar-refractivity contribution < 1.29 is 16.8 Å². The molecule has 0 amide bonds. The highest BCUT2D eigenvalue weighted by Gasteiger charge is 2.42. The summed E-state index contributed by atoms with van der Waals surface area (Å²) >= 11 is 0. The summed E-state index contributed by atoms with van der Waals surface area (Å²) in [6.45, 7) is 2.19. The van der Waals surface area contributed by atoms with Gasteiger partial charge in [0.1, 0.15) is 0 Å². The van der Waals surface area contributed by atoms with Gasteiger partial charge in [-0.15, -0.1) is 0 Å². The van der Waals surface area contributed by atoms with Crippen LogP contribution in [0.2, 0.25) is 0 Å². The molecular formula is C18H27N3O4S2. The molecule has 1 aromatic rings. The van der Waals surface area contributed by atoms with Crippen LogP contribution in [0.15, 0.2) is 28.0 Å². The molecule has 27 heavy (non-hydrogen) atoms. The van der Waals surface area contributed by atoms with Crippen LogP contribution < -0.4 is 4.72 Å². The zero-order valence-corrected chi connectivity index (χ0v) is 17.3. The Bertz CT molecular complexity index is 929. The second-order valence-electron chi connectivity index (χ2n) is 8.10. The number of rotatable bonds is 2. The smallest absolute Gasteiger partial charge is 0.243 e. The Morgan fingerprint density at radius 2 is 1.70 bits per heavy atom. The minimum atomic E-state index is -3.71. The third-order valence-corrected chi connectivity index (χ3v) is 9.67. The Hall–Kier alpha value is -1.00. The number of nitrogens with zero attached hydrogens (tertiary/aromatic N) is 2. The number of hydrogen-bond donors (Lipinski definition) is 1. The molecule has 1 aromatic carbocycles. The lowest BCUT2D eigenvalue weighted by Gasteiger charge is -2.41. The fourth-order valence-corrected chi connectivity index (χ4v) is 7.76. The van der Waals surface area contributed by atoms with Crippen molar-refractivity contribution >= 4 is 20.0 Å². The molecule has 2 fully saturated rings. The van der Waals surface area contributed by atoms with Gasteiger partial charge in [0.15, 0.2) is 0 Å². The SMILES string of the molecule is CN1CCN(S(=O)(=O)c2ccc3c(c2)S(=O)(=O)NC2(CCCCC2)C3)CC1. The summed E-state index contributed by atoms with van der Waals surface area (Å²) in [4.78, 5) is 2.27. The van der Waals surface area contributed by atoms with Gasteiger partial charge in [-0.1, -0.05) is 25.3 Å². The highest BCUT2D eigenvalue weighted by molar-refractivity contribution is 7.90. The van der Waals surface area contributed by atoms with Crippen LogP contribution in [0.5, 0.6) is 0 Å². The first-order valence-corrected chi connectivity index (χ1v) is 12.5. The van der Waals surface area contributed by atoms with Crippen molar-refractivity contribution in [2.24, 2.45) is 0 Å². The molecule has 0 aromatic heterocycles. The fourth-order valence-electron chi connectivity index (χ4n) is 4.52. The zero-order chi connectivity index (χ0) is 19.3. The molecule has 1 saturated heterocycles. The lowest BCUT2D eigenvalue weighted by molar-refractivity contribution is 0.222. The van der Waals surface area contributed by atoms with Crippen LogP contribution in [0.1, 0.15) is 37.7 Å². The standard InChI is InChI=1S/C18H27N3O4S2/c1-20-9-11-21(12-10-20)27(24,25)16-6-5-15-14-18(7-3-2-4-8-18)19-26(22,23)17(15)13-16/h5-6,13,19H,2-4,7-12,14H2,1H3. The van der Waals surface area contributed by atoms with Gasteiger partial charge in [0.25, 0.3) is 0 Å². The Morgan fingerprint density at radius 1 is 1.04 bits per heavy atom. The number of sulfonamides is 2. The highest BCUT2D eigenvalue weighted by atomic mass is 32.2. The van der Waals surface area contributed by atoms with Crippen LogP contribution in [0.25, 0.3) is 0 Å². The van der Waals surface area contributed by atoms with E-state index in [1.807, 2.05) is 7.05 Å². The average Bonchev–Trinajstić information content (AvgIpc) is 2.61. The first-order chi connectivity index (χ1) is 12.7. The summed E-state index contributed by atoms with van der Waals surface area (Å²) in [7, 11) is -5.44. The van der Waals surface area contributed by atoms with Gasteiger partial charge < -0.3 is 4.90 Å². The van der Waals surface area contributed by atoms with Crippen LogP contribution in [0.4, 0.5) is 0 Å². The van der Waals surface area contributed by atoms with Crippen molar-refractivity contribution in [3.8, 4) is 0 Å². The van der Waals surface area contributed by atoms with E-state index >= 15 is 0 Å². The van der Waals surface area contributed by atoms with Gasteiger partial charge in [-0.25, -0.2) is 21.6 Å². The van der Waals surface area contributed by atoms with Crippen LogP contribution in [-0.4, -0.2) is 64.8 Å². The number of benzene rings is 1. The summed E-state index contributed by atoms with van der Waals surface area (Å²) in [5.41, 5.74) is 0.329. The van der Waals surface area contributed by atoms with Crippen molar-refractivity contribution in [1.29, 1.82) is 0 Å². The number of likely N-dealkylation sites (N-methyl/N-ethyl adjacent to an activating group) is 1. The second kappa shape index (κ2) is 6.81. The van der Waals surface area contributed by atoms with E-state index in [0.29, 0.717) is 32.6 Å². The van der Waals surface area contributed by atoms with Crippen LogP contribution in [-0.2, 0) is 26.5 Å². The molecule has 2 aliphatic heterocycles. The molecule has 0 radical (unpaired) electrons. The van der Waals surface area contributed by atoms with Crippen LogP contribution in [0, 0.1) is 0 Å². The van der Waals surface area contributed by atoms with Crippen LogP contribution >= 0.6 is 0 Å². The van der Waals surface area contributed by atoms with Gasteiger partial charge in [0.05, 0.1) is 9.79 Å². The second-order valence-corrected chi connectivity index (χ2v) is 11.7. The maximum Gasteiger partial charge on any atom is 0.243 e. The summed E-state index contributed by atoms with van der Waals surface area (Å²) in [5.74, 6) is 0. The van der Waals surface area contributed by atoms with Crippen molar-refractivity contribution in [3.05, 3.63) is 23.8 Å². The van der Waals surface area contributed by atoms with E-state index in [-0.39, 0.29) is 9.79 Å². The minimum Gasteiger partial charge on any atom is -0.304 e. The van der Waals surface area contributed by atoms with E-state index in [4.69, 9.17) is 0 Å². The van der Waals surface area contributed by atoms with E-state index in [9.17, 15) is 16.8 Å². The highest BCUT2D eigenvalue weighted by Crippen LogP contribution is 2.38. The maximum atomic E-state index is 13.0. The molecule has 1 saturated carbocycles. The summed E-state index contributed by atoms with van der Waals surface area (Å²) < 4.78 is 56.1. The van der Waals surface area contributed by atoms with Crippen molar-refractivity contribution in [2.75, 3.05) is 33.2 Å². The molecule has 0 atom stereocenters. The van der Waals surface area contributed by atoms with Gasteiger partial charge in [-0.2, -0.15) is 4.31 Å². The Labute approximate surface area is 161 Å². The molecule has 1 aliphatic carbocycles. The number of fused-ring (bicyclic) bond motifs is 1. The monoisotopic (exact) mass is 413 g/mol. The Kier molecular flexibility index (Phi) is 4.87. The lowest BCUT2D eigenvalue weighted by atomic mass is 9.78. The molecule has 9 heteroatoms. The van der Waals surface area contributed by atoms with E-state index in [0.717, 1.165) is 37.7 Å². The molecule has 3 aliphatic rings. The Morgan fingerprint density at radius 3 is 2.37 bits per heavy atom. The van der Waals surface area contributed by atoms with Crippen molar-refractivity contribution in [2.45, 2.75) is 53.9 Å². The van der Waals surface area contributed by atoms with E-state index < -0.39 is 25.6 Å². The molecule has 1 spiro atoms. The molecule has 2 heterocycles. The average molecular weight is 414 g/mol. The Balaban J connectivity index is 1.68. The maximum absolute atomic E-state index is 13.0. The van der Waals surface area contributed by atoms with Crippen molar-refractivity contribution in [3.63, 3.8) is 0 Å². The quantitative estimate of drug-likeness (QED) is 0.786.